The third-order valence-electron chi connectivity index (χ3n) is 3.94. The molecule has 3 aromatic rings. The molecular weight excluding hydrogens is 533 g/mol. The van der Waals surface area contributed by atoms with Gasteiger partial charge in [0, 0.05) is 29.6 Å². The van der Waals surface area contributed by atoms with Crippen molar-refractivity contribution in [3.05, 3.63) is 89.6 Å². The molecule has 8 heteroatoms. The Labute approximate surface area is 176 Å². The molecule has 0 saturated carbocycles. The van der Waals surface area contributed by atoms with E-state index in [2.05, 4.69) is 43.5 Å². The highest BCUT2D eigenvalue weighted by Crippen LogP contribution is 2.24. The predicted octanol–water partition coefficient (Wildman–Crippen LogP) is 4.82. The van der Waals surface area contributed by atoms with Gasteiger partial charge in [-0.25, -0.2) is 13.8 Å². The van der Waals surface area contributed by atoms with Crippen molar-refractivity contribution in [3.8, 4) is 5.75 Å². The van der Waals surface area contributed by atoms with E-state index in [0.717, 1.165) is 21.4 Å². The Morgan fingerprint density at radius 2 is 2.00 bits per heavy atom. The maximum Gasteiger partial charge on any atom is 0.269 e. The predicted molar refractivity (Wildman–Crippen MR) is 110 cm³/mol. The van der Waals surface area contributed by atoms with Crippen LogP contribution in [-0.2, 0) is 13.2 Å². The fraction of sp³-hybridized carbons (Fsp3) is 0.158. The zero-order valence-electron chi connectivity index (χ0n) is 14.2. The molecule has 0 aliphatic rings. The maximum absolute atomic E-state index is 13.7. The molecule has 0 N–H and O–H groups in total. The summed E-state index contributed by atoms with van der Waals surface area (Å²) in [6.07, 6.45) is 1.73. The first kappa shape index (κ1) is 19.9. The quantitative estimate of drug-likeness (QED) is 0.340. The summed E-state index contributed by atoms with van der Waals surface area (Å²) in [6, 6.07) is 8.76. The Morgan fingerprint density at radius 1 is 1.22 bits per heavy atom. The number of hydrogen-bond acceptors (Lipinski definition) is 3. The SMILES string of the molecule is Cc1cc(OCc2ccc(F)cc2F)c(Br)c(=O)n1Cc1ccc(I)nc1. The summed E-state index contributed by atoms with van der Waals surface area (Å²) in [7, 11) is 0. The van der Waals surface area contributed by atoms with Gasteiger partial charge in [0.2, 0.25) is 0 Å². The molecule has 140 valence electrons. The summed E-state index contributed by atoms with van der Waals surface area (Å²) in [5, 5.41) is 0. The van der Waals surface area contributed by atoms with E-state index in [-0.39, 0.29) is 22.2 Å². The van der Waals surface area contributed by atoms with Crippen molar-refractivity contribution < 1.29 is 13.5 Å². The molecule has 0 aliphatic carbocycles. The highest BCUT2D eigenvalue weighted by molar-refractivity contribution is 14.1. The fourth-order valence-corrected chi connectivity index (χ4v) is 3.26. The van der Waals surface area contributed by atoms with Crippen LogP contribution in [0.25, 0.3) is 0 Å². The van der Waals surface area contributed by atoms with Crippen molar-refractivity contribution in [2.75, 3.05) is 0 Å². The number of benzene rings is 1. The average Bonchev–Trinajstić information content (AvgIpc) is 2.63. The van der Waals surface area contributed by atoms with Gasteiger partial charge in [0.05, 0.1) is 6.54 Å². The molecule has 0 fully saturated rings. The van der Waals surface area contributed by atoms with Crippen molar-refractivity contribution in [2.24, 2.45) is 0 Å². The Balaban J connectivity index is 1.83. The lowest BCUT2D eigenvalue weighted by Crippen LogP contribution is -2.24. The second kappa shape index (κ2) is 8.47. The minimum atomic E-state index is -0.692. The summed E-state index contributed by atoms with van der Waals surface area (Å²) in [5.41, 5.74) is 1.53. The van der Waals surface area contributed by atoms with Crippen LogP contribution in [0.5, 0.6) is 5.75 Å². The van der Waals surface area contributed by atoms with Gasteiger partial charge in [-0.15, -0.1) is 0 Å². The topological polar surface area (TPSA) is 44.1 Å². The van der Waals surface area contributed by atoms with Gasteiger partial charge in [0.1, 0.15) is 32.2 Å². The molecule has 0 saturated heterocycles. The van der Waals surface area contributed by atoms with Crippen LogP contribution < -0.4 is 10.3 Å². The number of hydrogen-bond donors (Lipinski definition) is 0. The lowest BCUT2D eigenvalue weighted by atomic mass is 10.2. The Kier molecular flexibility index (Phi) is 6.25. The van der Waals surface area contributed by atoms with Crippen molar-refractivity contribution in [1.82, 2.24) is 9.55 Å². The number of pyridine rings is 2. The van der Waals surface area contributed by atoms with Gasteiger partial charge < -0.3 is 9.30 Å². The van der Waals surface area contributed by atoms with Crippen LogP contribution in [0.4, 0.5) is 8.78 Å². The molecule has 0 bridgehead atoms. The number of halogens is 4. The van der Waals surface area contributed by atoms with Crippen LogP contribution in [0.15, 0.2) is 51.9 Å². The minimum Gasteiger partial charge on any atom is -0.487 e. The average molecular weight is 547 g/mol. The number of rotatable bonds is 5. The van der Waals surface area contributed by atoms with E-state index < -0.39 is 11.6 Å². The third kappa shape index (κ3) is 4.73. The minimum absolute atomic E-state index is 0.116. The monoisotopic (exact) mass is 546 g/mol. The molecule has 3 rings (SSSR count). The number of ether oxygens (including phenoxy) is 1. The molecule has 2 aromatic heterocycles. The van der Waals surface area contributed by atoms with Crippen molar-refractivity contribution in [1.29, 1.82) is 0 Å². The highest BCUT2D eigenvalue weighted by Gasteiger charge is 2.14. The van der Waals surface area contributed by atoms with E-state index in [1.165, 1.54) is 6.07 Å². The second-order valence-electron chi connectivity index (χ2n) is 5.87. The zero-order valence-corrected chi connectivity index (χ0v) is 17.9. The third-order valence-corrected chi connectivity index (χ3v) is 5.31. The smallest absolute Gasteiger partial charge is 0.269 e. The van der Waals surface area contributed by atoms with Gasteiger partial charge in [0.15, 0.2) is 0 Å². The Morgan fingerprint density at radius 3 is 2.67 bits per heavy atom. The zero-order chi connectivity index (χ0) is 19.6. The normalized spacial score (nSPS) is 10.9. The first-order valence-electron chi connectivity index (χ1n) is 7.92. The molecule has 0 aliphatic heterocycles. The summed E-state index contributed by atoms with van der Waals surface area (Å²) >= 11 is 5.38. The standard InChI is InChI=1S/C19H14BrF2IN2O2/c1-11-6-16(27-10-13-3-4-14(21)7-15(13)22)18(20)19(26)25(11)9-12-2-5-17(23)24-8-12/h2-8H,9-10H2,1H3. The van der Waals surface area contributed by atoms with Gasteiger partial charge in [-0.3, -0.25) is 4.79 Å². The van der Waals surface area contributed by atoms with Crippen LogP contribution in [-0.4, -0.2) is 9.55 Å². The van der Waals surface area contributed by atoms with Crippen molar-refractivity contribution in [3.63, 3.8) is 0 Å². The van der Waals surface area contributed by atoms with Crippen LogP contribution >= 0.6 is 38.5 Å². The molecule has 1 aromatic carbocycles. The lowest BCUT2D eigenvalue weighted by Gasteiger charge is -2.15. The lowest BCUT2D eigenvalue weighted by molar-refractivity contribution is 0.296. The molecule has 0 atom stereocenters. The van der Waals surface area contributed by atoms with Gasteiger partial charge in [0.25, 0.3) is 5.56 Å². The van der Waals surface area contributed by atoms with Gasteiger partial charge >= 0.3 is 0 Å². The van der Waals surface area contributed by atoms with Crippen molar-refractivity contribution >= 4 is 38.5 Å². The van der Waals surface area contributed by atoms with Gasteiger partial charge in [-0.05, 0) is 69.2 Å². The van der Waals surface area contributed by atoms with Crippen molar-refractivity contribution in [2.45, 2.75) is 20.1 Å². The first-order chi connectivity index (χ1) is 12.8. The molecule has 0 unspecified atom stereocenters. The number of nitrogens with zero attached hydrogens (tertiary/aromatic N) is 2. The van der Waals surface area contributed by atoms with Crippen LogP contribution in [0.3, 0.4) is 0 Å². The molecule has 0 radical (unpaired) electrons. The molecule has 0 spiro atoms. The molecular formula is C19H14BrF2IN2O2. The van der Waals surface area contributed by atoms with E-state index in [1.807, 2.05) is 12.1 Å². The summed E-state index contributed by atoms with van der Waals surface area (Å²) in [4.78, 5) is 16.9. The van der Waals surface area contributed by atoms with E-state index >= 15 is 0 Å². The first-order valence-corrected chi connectivity index (χ1v) is 9.79. The number of aromatic nitrogens is 2. The van der Waals surface area contributed by atoms with Crippen LogP contribution in [0, 0.1) is 22.3 Å². The van der Waals surface area contributed by atoms with E-state index in [9.17, 15) is 13.6 Å². The number of aryl methyl sites for hydroxylation is 1. The van der Waals surface area contributed by atoms with Gasteiger partial charge in [-0.2, -0.15) is 0 Å². The molecule has 4 nitrogen and oxygen atoms in total. The highest BCUT2D eigenvalue weighted by atomic mass is 127. The van der Waals surface area contributed by atoms with Gasteiger partial charge in [-0.1, -0.05) is 6.07 Å². The largest absolute Gasteiger partial charge is 0.487 e. The maximum atomic E-state index is 13.7. The van der Waals surface area contributed by atoms with E-state index in [4.69, 9.17) is 4.74 Å². The second-order valence-corrected chi connectivity index (χ2v) is 7.77. The summed E-state index contributed by atoms with van der Waals surface area (Å²) in [5.74, 6) is -1.04. The van der Waals surface area contributed by atoms with E-state index in [1.54, 1.807) is 23.8 Å². The van der Waals surface area contributed by atoms with Crippen LogP contribution in [0.2, 0.25) is 0 Å². The fourth-order valence-electron chi connectivity index (χ4n) is 2.49. The van der Waals surface area contributed by atoms with Crippen LogP contribution in [0.1, 0.15) is 16.8 Å². The van der Waals surface area contributed by atoms with E-state index in [0.29, 0.717) is 18.0 Å². The molecule has 2 heterocycles. The Hall–Kier alpha value is -1.81. The Bertz CT molecular complexity index is 1040. The summed E-state index contributed by atoms with van der Waals surface area (Å²) < 4.78 is 35.0. The molecule has 27 heavy (non-hydrogen) atoms. The summed E-state index contributed by atoms with van der Waals surface area (Å²) in [6.45, 7) is 2.05. The molecule has 0 amide bonds.